The van der Waals surface area contributed by atoms with Gasteiger partial charge in [0.15, 0.2) is 5.65 Å². The SMILES string of the molecule is Cc1ccc(Cl)cc1-c1ccc2nncn2n1. The molecular formula is C12H9ClN4. The fraction of sp³-hybridized carbons (Fsp3) is 0.0833. The van der Waals surface area contributed by atoms with E-state index in [2.05, 4.69) is 15.3 Å². The summed E-state index contributed by atoms with van der Waals surface area (Å²) in [4.78, 5) is 0. The molecule has 0 radical (unpaired) electrons. The first-order valence-corrected chi connectivity index (χ1v) is 5.55. The summed E-state index contributed by atoms with van der Waals surface area (Å²) < 4.78 is 1.65. The average Bonchev–Trinajstić information content (AvgIpc) is 2.79. The molecule has 2 aromatic heterocycles. The third kappa shape index (κ3) is 1.76. The van der Waals surface area contributed by atoms with E-state index in [-0.39, 0.29) is 0 Å². The largest absolute Gasteiger partial charge is 0.200 e. The number of nitrogens with zero attached hydrogens (tertiary/aromatic N) is 4. The van der Waals surface area contributed by atoms with Crippen molar-refractivity contribution in [3.63, 3.8) is 0 Å². The van der Waals surface area contributed by atoms with E-state index in [1.807, 2.05) is 37.3 Å². The molecule has 0 aliphatic carbocycles. The zero-order valence-corrected chi connectivity index (χ0v) is 9.89. The number of hydrogen-bond donors (Lipinski definition) is 0. The molecule has 0 bridgehead atoms. The van der Waals surface area contributed by atoms with Crippen LogP contribution in [0.5, 0.6) is 0 Å². The minimum Gasteiger partial charge on any atom is -0.200 e. The molecule has 0 fully saturated rings. The van der Waals surface area contributed by atoms with E-state index in [1.54, 1.807) is 10.8 Å². The zero-order valence-electron chi connectivity index (χ0n) is 9.13. The van der Waals surface area contributed by atoms with Gasteiger partial charge in [0.1, 0.15) is 6.33 Å². The van der Waals surface area contributed by atoms with Crippen molar-refractivity contribution < 1.29 is 0 Å². The Bertz CT molecular complexity index is 690. The first kappa shape index (κ1) is 10.2. The molecular weight excluding hydrogens is 236 g/mol. The molecule has 1 aromatic carbocycles. The zero-order chi connectivity index (χ0) is 11.8. The molecule has 5 heteroatoms. The van der Waals surface area contributed by atoms with Gasteiger partial charge in [-0.2, -0.15) is 9.61 Å². The summed E-state index contributed by atoms with van der Waals surface area (Å²) in [6.07, 6.45) is 1.58. The van der Waals surface area contributed by atoms with Crippen molar-refractivity contribution in [2.45, 2.75) is 6.92 Å². The fourth-order valence-corrected chi connectivity index (χ4v) is 1.91. The molecule has 4 nitrogen and oxygen atoms in total. The maximum Gasteiger partial charge on any atom is 0.177 e. The topological polar surface area (TPSA) is 43.1 Å². The number of aryl methyl sites for hydroxylation is 1. The van der Waals surface area contributed by atoms with Crippen LogP contribution in [0.15, 0.2) is 36.7 Å². The van der Waals surface area contributed by atoms with Crippen LogP contribution >= 0.6 is 11.6 Å². The van der Waals surface area contributed by atoms with E-state index in [9.17, 15) is 0 Å². The molecule has 17 heavy (non-hydrogen) atoms. The van der Waals surface area contributed by atoms with Crippen LogP contribution in [-0.2, 0) is 0 Å². The first-order valence-electron chi connectivity index (χ1n) is 5.17. The van der Waals surface area contributed by atoms with E-state index in [4.69, 9.17) is 11.6 Å². The number of benzene rings is 1. The molecule has 2 heterocycles. The highest BCUT2D eigenvalue weighted by Crippen LogP contribution is 2.24. The summed E-state index contributed by atoms with van der Waals surface area (Å²) >= 11 is 6.00. The molecule has 0 saturated carbocycles. The lowest BCUT2D eigenvalue weighted by atomic mass is 10.1. The first-order chi connectivity index (χ1) is 8.24. The molecule has 0 aliphatic rings. The van der Waals surface area contributed by atoms with Crippen molar-refractivity contribution in [2.24, 2.45) is 0 Å². The maximum atomic E-state index is 6.00. The van der Waals surface area contributed by atoms with Crippen LogP contribution in [0.4, 0.5) is 0 Å². The maximum absolute atomic E-state index is 6.00. The smallest absolute Gasteiger partial charge is 0.177 e. The Balaban J connectivity index is 2.22. The summed E-state index contributed by atoms with van der Waals surface area (Å²) in [6.45, 7) is 2.03. The normalized spacial score (nSPS) is 10.9. The van der Waals surface area contributed by atoms with Crippen LogP contribution in [0.2, 0.25) is 5.02 Å². The molecule has 0 saturated heterocycles. The third-order valence-electron chi connectivity index (χ3n) is 2.64. The average molecular weight is 245 g/mol. The van der Waals surface area contributed by atoms with Crippen LogP contribution in [-0.4, -0.2) is 19.8 Å². The number of halogens is 1. The molecule has 0 atom stereocenters. The van der Waals surface area contributed by atoms with E-state index in [0.717, 1.165) is 22.5 Å². The van der Waals surface area contributed by atoms with Crippen molar-refractivity contribution >= 4 is 17.2 Å². The molecule has 0 aliphatic heterocycles. The standard InChI is InChI=1S/C12H9ClN4/c1-8-2-3-9(13)6-10(8)11-4-5-12-15-14-7-17(12)16-11/h2-7H,1H3. The number of rotatable bonds is 1. The molecule has 0 spiro atoms. The molecule has 3 aromatic rings. The predicted molar refractivity (Wildman–Crippen MR) is 66.0 cm³/mol. The lowest BCUT2D eigenvalue weighted by Crippen LogP contribution is -1.94. The number of fused-ring (bicyclic) bond motifs is 1. The van der Waals surface area contributed by atoms with Gasteiger partial charge in [-0.05, 0) is 36.8 Å². The van der Waals surface area contributed by atoms with Crippen molar-refractivity contribution in [3.05, 3.63) is 47.2 Å². The highest BCUT2D eigenvalue weighted by molar-refractivity contribution is 6.30. The molecule has 3 rings (SSSR count). The lowest BCUT2D eigenvalue weighted by Gasteiger charge is -2.05. The van der Waals surface area contributed by atoms with Crippen LogP contribution < -0.4 is 0 Å². The van der Waals surface area contributed by atoms with Gasteiger partial charge in [-0.15, -0.1) is 10.2 Å². The second kappa shape index (κ2) is 3.82. The third-order valence-corrected chi connectivity index (χ3v) is 2.87. The van der Waals surface area contributed by atoms with Crippen LogP contribution in [0, 0.1) is 6.92 Å². The molecule has 0 unspecified atom stereocenters. The van der Waals surface area contributed by atoms with Crippen molar-refractivity contribution in [1.82, 2.24) is 19.8 Å². The Morgan fingerprint density at radius 2 is 2.06 bits per heavy atom. The van der Waals surface area contributed by atoms with E-state index in [0.29, 0.717) is 5.02 Å². The summed E-state index contributed by atoms with van der Waals surface area (Å²) in [6, 6.07) is 9.57. The Morgan fingerprint density at radius 1 is 1.18 bits per heavy atom. The number of aromatic nitrogens is 4. The summed E-state index contributed by atoms with van der Waals surface area (Å²) in [5, 5.41) is 12.9. The van der Waals surface area contributed by atoms with Gasteiger partial charge in [0.25, 0.3) is 0 Å². The Kier molecular flexibility index (Phi) is 2.30. The quantitative estimate of drug-likeness (QED) is 0.661. The van der Waals surface area contributed by atoms with Crippen molar-refractivity contribution in [3.8, 4) is 11.3 Å². The monoisotopic (exact) mass is 244 g/mol. The van der Waals surface area contributed by atoms with Crippen molar-refractivity contribution in [1.29, 1.82) is 0 Å². The minimum atomic E-state index is 0.705. The fourth-order valence-electron chi connectivity index (χ4n) is 1.74. The van der Waals surface area contributed by atoms with Crippen LogP contribution in [0.1, 0.15) is 5.56 Å². The number of hydrogen-bond acceptors (Lipinski definition) is 3. The van der Waals surface area contributed by atoms with Gasteiger partial charge in [0.2, 0.25) is 0 Å². The highest BCUT2D eigenvalue weighted by atomic mass is 35.5. The van der Waals surface area contributed by atoms with Gasteiger partial charge in [-0.3, -0.25) is 0 Å². The highest BCUT2D eigenvalue weighted by Gasteiger charge is 2.06. The second-order valence-corrected chi connectivity index (χ2v) is 4.25. The summed E-state index contributed by atoms with van der Waals surface area (Å²) in [5.74, 6) is 0. The molecule has 84 valence electrons. The van der Waals surface area contributed by atoms with E-state index < -0.39 is 0 Å². The molecule has 0 amide bonds. The van der Waals surface area contributed by atoms with E-state index >= 15 is 0 Å². The summed E-state index contributed by atoms with van der Waals surface area (Å²) in [5.41, 5.74) is 3.74. The summed E-state index contributed by atoms with van der Waals surface area (Å²) in [7, 11) is 0. The Hall–Kier alpha value is -1.94. The van der Waals surface area contributed by atoms with Gasteiger partial charge in [0, 0.05) is 10.6 Å². The van der Waals surface area contributed by atoms with E-state index in [1.165, 1.54) is 0 Å². The van der Waals surface area contributed by atoms with Crippen molar-refractivity contribution in [2.75, 3.05) is 0 Å². The Morgan fingerprint density at radius 3 is 2.94 bits per heavy atom. The van der Waals surface area contributed by atoms with Crippen LogP contribution in [0.3, 0.4) is 0 Å². The Labute approximate surface area is 103 Å². The predicted octanol–water partition coefficient (Wildman–Crippen LogP) is 2.75. The van der Waals surface area contributed by atoms with Gasteiger partial charge >= 0.3 is 0 Å². The van der Waals surface area contributed by atoms with Crippen LogP contribution in [0.25, 0.3) is 16.9 Å². The van der Waals surface area contributed by atoms with Gasteiger partial charge in [-0.1, -0.05) is 17.7 Å². The minimum absolute atomic E-state index is 0.705. The van der Waals surface area contributed by atoms with Gasteiger partial charge < -0.3 is 0 Å². The second-order valence-electron chi connectivity index (χ2n) is 3.81. The molecule has 0 N–H and O–H groups in total. The van der Waals surface area contributed by atoms with Gasteiger partial charge in [0.05, 0.1) is 5.69 Å². The lowest BCUT2D eigenvalue weighted by molar-refractivity contribution is 0.931. The van der Waals surface area contributed by atoms with Gasteiger partial charge in [-0.25, -0.2) is 0 Å².